The van der Waals surface area contributed by atoms with Crippen LogP contribution in [0.3, 0.4) is 0 Å². The minimum Gasteiger partial charge on any atom is -0.394 e. The molecule has 20 heavy (non-hydrogen) atoms. The van der Waals surface area contributed by atoms with Crippen molar-refractivity contribution in [2.24, 2.45) is 0 Å². The first kappa shape index (κ1) is 14.7. The third kappa shape index (κ3) is 2.73. The van der Waals surface area contributed by atoms with Crippen molar-refractivity contribution < 1.29 is 19.7 Å². The lowest BCUT2D eigenvalue weighted by Gasteiger charge is -2.19. The molecule has 2 heterocycles. The van der Waals surface area contributed by atoms with Crippen molar-refractivity contribution >= 4 is 0 Å². The van der Waals surface area contributed by atoms with E-state index in [4.69, 9.17) is 9.47 Å². The molecule has 1 aliphatic rings. The zero-order chi connectivity index (χ0) is 14.7. The maximum absolute atomic E-state index is 11.7. The summed E-state index contributed by atoms with van der Waals surface area (Å²) in [4.78, 5) is 24.8. The first-order valence-corrected chi connectivity index (χ1v) is 6.07. The Morgan fingerprint density at radius 1 is 1.55 bits per heavy atom. The Morgan fingerprint density at radius 3 is 2.90 bits per heavy atom. The molecule has 0 bridgehead atoms. The molecule has 1 aromatic rings. The van der Waals surface area contributed by atoms with Gasteiger partial charge in [0.1, 0.15) is 18.3 Å². The predicted octanol–water partition coefficient (Wildman–Crippen LogP) is -1.64. The van der Waals surface area contributed by atoms with E-state index in [0.717, 1.165) is 10.6 Å². The number of hydrogen-bond acceptors (Lipinski definition) is 6. The van der Waals surface area contributed by atoms with Gasteiger partial charge >= 0.3 is 5.69 Å². The Bertz CT molecular complexity index is 580. The van der Waals surface area contributed by atoms with Gasteiger partial charge in [-0.2, -0.15) is 0 Å². The van der Waals surface area contributed by atoms with Crippen LogP contribution in [0.4, 0.5) is 0 Å². The standard InChI is InChI=1S/C12H16N2O6/c1-2-5-19-10-7(6-15)20-11(9(10)17)14-4-3-8(16)13-12(14)18/h2-4,7,9-11,15,17H,1,5-6H2,(H,13,16,18)/t7-,9-,10-,11-/m1/s1. The molecule has 0 radical (unpaired) electrons. The molecule has 0 unspecified atom stereocenters. The summed E-state index contributed by atoms with van der Waals surface area (Å²) in [6, 6.07) is 1.14. The van der Waals surface area contributed by atoms with Gasteiger partial charge in [-0.05, 0) is 0 Å². The average Bonchev–Trinajstić information content (AvgIpc) is 2.73. The molecule has 0 spiro atoms. The van der Waals surface area contributed by atoms with E-state index >= 15 is 0 Å². The number of aromatic nitrogens is 2. The van der Waals surface area contributed by atoms with Crippen molar-refractivity contribution in [3.05, 3.63) is 45.8 Å². The number of H-pyrrole nitrogens is 1. The molecule has 3 N–H and O–H groups in total. The van der Waals surface area contributed by atoms with Crippen LogP contribution in [-0.4, -0.2) is 51.3 Å². The predicted molar refractivity (Wildman–Crippen MR) is 68.3 cm³/mol. The molecule has 0 amide bonds. The summed E-state index contributed by atoms with van der Waals surface area (Å²) >= 11 is 0. The van der Waals surface area contributed by atoms with Gasteiger partial charge in [-0.25, -0.2) is 4.79 Å². The van der Waals surface area contributed by atoms with E-state index in [1.807, 2.05) is 0 Å². The van der Waals surface area contributed by atoms with Gasteiger partial charge in [0.2, 0.25) is 0 Å². The quantitative estimate of drug-likeness (QED) is 0.559. The second kappa shape index (κ2) is 6.14. The lowest BCUT2D eigenvalue weighted by molar-refractivity contribution is -0.0591. The summed E-state index contributed by atoms with van der Waals surface area (Å²) in [5.41, 5.74) is -1.25. The Kier molecular flexibility index (Phi) is 4.50. The van der Waals surface area contributed by atoms with Crippen molar-refractivity contribution in [3.63, 3.8) is 0 Å². The summed E-state index contributed by atoms with van der Waals surface area (Å²) in [6.45, 7) is 3.30. The summed E-state index contributed by atoms with van der Waals surface area (Å²) in [6.07, 6.45) is -1.03. The molecule has 0 saturated carbocycles. The van der Waals surface area contributed by atoms with Crippen molar-refractivity contribution in [2.45, 2.75) is 24.5 Å². The number of rotatable bonds is 5. The maximum Gasteiger partial charge on any atom is 0.330 e. The van der Waals surface area contributed by atoms with Crippen LogP contribution in [0.15, 0.2) is 34.5 Å². The highest BCUT2D eigenvalue weighted by atomic mass is 16.6. The number of aromatic amines is 1. The van der Waals surface area contributed by atoms with E-state index in [2.05, 4.69) is 11.6 Å². The highest BCUT2D eigenvalue weighted by Gasteiger charge is 2.45. The largest absolute Gasteiger partial charge is 0.394 e. The molecular weight excluding hydrogens is 268 g/mol. The van der Waals surface area contributed by atoms with Crippen LogP contribution in [0, 0.1) is 0 Å². The minimum absolute atomic E-state index is 0.175. The van der Waals surface area contributed by atoms with Gasteiger partial charge in [0, 0.05) is 12.3 Å². The van der Waals surface area contributed by atoms with Gasteiger partial charge in [0.15, 0.2) is 6.23 Å². The Labute approximate surface area is 113 Å². The fourth-order valence-corrected chi connectivity index (χ4v) is 2.11. The lowest BCUT2D eigenvalue weighted by Crippen LogP contribution is -2.39. The molecule has 0 aliphatic carbocycles. The number of hydrogen-bond donors (Lipinski definition) is 3. The van der Waals surface area contributed by atoms with Gasteiger partial charge in [0.05, 0.1) is 13.2 Å². The normalized spacial score (nSPS) is 29.5. The third-order valence-electron chi connectivity index (χ3n) is 3.02. The zero-order valence-corrected chi connectivity index (χ0v) is 10.6. The fraction of sp³-hybridized carbons (Fsp3) is 0.500. The van der Waals surface area contributed by atoms with Crippen LogP contribution < -0.4 is 11.2 Å². The molecule has 4 atom stereocenters. The van der Waals surface area contributed by atoms with Crippen LogP contribution in [0.1, 0.15) is 6.23 Å². The van der Waals surface area contributed by atoms with Crippen molar-refractivity contribution in [1.82, 2.24) is 9.55 Å². The van der Waals surface area contributed by atoms with Gasteiger partial charge in [0.25, 0.3) is 5.56 Å². The smallest absolute Gasteiger partial charge is 0.330 e. The zero-order valence-electron chi connectivity index (χ0n) is 10.6. The van der Waals surface area contributed by atoms with E-state index in [1.54, 1.807) is 0 Å². The SMILES string of the molecule is C=CCO[C@H]1[C@@H](O)[C@H](n2ccc(=O)[nH]c2=O)O[C@@H]1CO. The Morgan fingerprint density at radius 2 is 2.30 bits per heavy atom. The molecule has 110 valence electrons. The summed E-state index contributed by atoms with van der Waals surface area (Å²) in [7, 11) is 0. The van der Waals surface area contributed by atoms with Gasteiger partial charge in [-0.1, -0.05) is 6.08 Å². The first-order chi connectivity index (χ1) is 9.58. The van der Waals surface area contributed by atoms with Crippen LogP contribution in [-0.2, 0) is 9.47 Å². The van der Waals surface area contributed by atoms with E-state index < -0.39 is 35.8 Å². The molecular formula is C12H16N2O6. The summed E-state index contributed by atoms with van der Waals surface area (Å²) in [5, 5.41) is 19.4. The maximum atomic E-state index is 11.7. The molecule has 0 aromatic carbocycles. The summed E-state index contributed by atoms with van der Waals surface area (Å²) < 4.78 is 11.8. The Hall–Kier alpha value is -1.74. The minimum atomic E-state index is -1.16. The molecule has 1 saturated heterocycles. The Balaban J connectivity index is 2.27. The van der Waals surface area contributed by atoms with Gasteiger partial charge < -0.3 is 19.7 Å². The molecule has 2 rings (SSSR count). The van der Waals surface area contributed by atoms with Crippen molar-refractivity contribution in [1.29, 1.82) is 0 Å². The third-order valence-corrected chi connectivity index (χ3v) is 3.02. The van der Waals surface area contributed by atoms with Crippen LogP contribution in [0.5, 0.6) is 0 Å². The first-order valence-electron chi connectivity index (χ1n) is 6.07. The number of nitrogens with zero attached hydrogens (tertiary/aromatic N) is 1. The molecule has 8 heteroatoms. The van der Waals surface area contributed by atoms with Crippen LogP contribution >= 0.6 is 0 Å². The van der Waals surface area contributed by atoms with E-state index in [1.165, 1.54) is 12.3 Å². The van der Waals surface area contributed by atoms with E-state index in [0.29, 0.717) is 0 Å². The topological polar surface area (TPSA) is 114 Å². The van der Waals surface area contributed by atoms with E-state index in [-0.39, 0.29) is 13.2 Å². The average molecular weight is 284 g/mol. The summed E-state index contributed by atoms with van der Waals surface area (Å²) in [5.74, 6) is 0. The highest BCUT2D eigenvalue weighted by molar-refractivity contribution is 4.94. The molecule has 1 aliphatic heterocycles. The number of ether oxygens (including phenoxy) is 2. The highest BCUT2D eigenvalue weighted by Crippen LogP contribution is 2.30. The number of aliphatic hydroxyl groups excluding tert-OH is 2. The van der Waals surface area contributed by atoms with Crippen molar-refractivity contribution in [3.8, 4) is 0 Å². The van der Waals surface area contributed by atoms with Gasteiger partial charge in [-0.3, -0.25) is 14.3 Å². The molecule has 8 nitrogen and oxygen atoms in total. The fourth-order valence-electron chi connectivity index (χ4n) is 2.11. The second-order valence-corrected chi connectivity index (χ2v) is 4.34. The van der Waals surface area contributed by atoms with Gasteiger partial charge in [-0.15, -0.1) is 6.58 Å². The second-order valence-electron chi connectivity index (χ2n) is 4.34. The number of aliphatic hydroxyl groups is 2. The van der Waals surface area contributed by atoms with Crippen LogP contribution in [0.25, 0.3) is 0 Å². The van der Waals surface area contributed by atoms with Crippen LogP contribution in [0.2, 0.25) is 0 Å². The molecule has 1 fully saturated rings. The lowest BCUT2D eigenvalue weighted by atomic mass is 10.1. The van der Waals surface area contributed by atoms with Crippen molar-refractivity contribution in [2.75, 3.05) is 13.2 Å². The molecule has 1 aromatic heterocycles. The van der Waals surface area contributed by atoms with E-state index in [9.17, 15) is 19.8 Å². The number of nitrogens with one attached hydrogen (secondary N) is 1. The monoisotopic (exact) mass is 284 g/mol.